The molecule has 2 nitrogen and oxygen atoms in total. The fourth-order valence-corrected chi connectivity index (χ4v) is 2.82. The van der Waals surface area contributed by atoms with Crippen LogP contribution in [0, 0.1) is 11.8 Å². The molecule has 3 atom stereocenters. The summed E-state index contributed by atoms with van der Waals surface area (Å²) in [5, 5.41) is 10.1. The average Bonchev–Trinajstić information content (AvgIpc) is 2.28. The van der Waals surface area contributed by atoms with E-state index in [9.17, 15) is 5.11 Å². The number of nitrogens with two attached hydrogens (primary N) is 1. The Balaban J connectivity index is 2.35. The number of rotatable bonds is 5. The molecular weight excluding hydrogens is 218 g/mol. The zero-order valence-electron chi connectivity index (χ0n) is 10.6. The van der Waals surface area contributed by atoms with Gasteiger partial charge in [-0.1, -0.05) is 46.0 Å². The minimum absolute atomic E-state index is 0.00131. The minimum atomic E-state index is -0.467. The molecule has 16 heavy (non-hydrogen) atoms. The topological polar surface area (TPSA) is 46.2 Å². The van der Waals surface area contributed by atoms with Crippen LogP contribution >= 0.6 is 12.6 Å². The average molecular weight is 245 g/mol. The minimum Gasteiger partial charge on any atom is -0.390 e. The van der Waals surface area contributed by atoms with Crippen LogP contribution in [0.3, 0.4) is 0 Å². The van der Waals surface area contributed by atoms with Crippen molar-refractivity contribution < 1.29 is 5.11 Å². The smallest absolute Gasteiger partial charge is 0.0809 e. The third-order valence-electron chi connectivity index (χ3n) is 3.80. The lowest BCUT2D eigenvalue weighted by Crippen LogP contribution is -2.44. The molecule has 1 fully saturated rings. The summed E-state index contributed by atoms with van der Waals surface area (Å²) in [5.74, 6) is 1.10. The quantitative estimate of drug-likeness (QED) is 0.652. The molecule has 1 aliphatic rings. The Bertz CT molecular complexity index is 192. The molecule has 0 saturated heterocycles. The Hall–Kier alpha value is 0.270. The van der Waals surface area contributed by atoms with E-state index in [-0.39, 0.29) is 11.3 Å². The Morgan fingerprint density at radius 2 is 1.81 bits per heavy atom. The number of hydrogen-bond acceptors (Lipinski definition) is 3. The molecule has 0 aromatic heterocycles. The summed E-state index contributed by atoms with van der Waals surface area (Å²) in [7, 11) is 0. The Morgan fingerprint density at radius 3 is 2.31 bits per heavy atom. The molecular formula is C13H27NOS. The van der Waals surface area contributed by atoms with Gasteiger partial charge in [-0.05, 0) is 18.3 Å². The van der Waals surface area contributed by atoms with Crippen LogP contribution in [0.25, 0.3) is 0 Å². The predicted molar refractivity (Wildman–Crippen MR) is 72.8 cm³/mol. The molecule has 0 bridgehead atoms. The van der Waals surface area contributed by atoms with Crippen LogP contribution < -0.4 is 5.73 Å². The van der Waals surface area contributed by atoms with Crippen molar-refractivity contribution in [1.29, 1.82) is 0 Å². The fraction of sp³-hybridized carbons (Fsp3) is 1.00. The molecule has 3 unspecified atom stereocenters. The summed E-state index contributed by atoms with van der Waals surface area (Å²) in [6, 6.07) is -0.104. The van der Waals surface area contributed by atoms with Crippen LogP contribution in [-0.4, -0.2) is 22.5 Å². The second-order valence-corrected chi connectivity index (χ2v) is 6.23. The van der Waals surface area contributed by atoms with Crippen LogP contribution in [0.15, 0.2) is 0 Å². The van der Waals surface area contributed by atoms with Crippen LogP contribution in [0.5, 0.6) is 0 Å². The SMILES string of the molecule is CC(C)C(S)C(O)C(N)CC1CCCCC1. The van der Waals surface area contributed by atoms with E-state index in [1.807, 2.05) is 0 Å². The molecule has 1 aliphatic carbocycles. The van der Waals surface area contributed by atoms with Crippen molar-refractivity contribution >= 4 is 12.6 Å². The number of thiol groups is 1. The molecule has 3 heteroatoms. The van der Waals surface area contributed by atoms with Gasteiger partial charge in [0.25, 0.3) is 0 Å². The first-order chi connectivity index (χ1) is 7.52. The van der Waals surface area contributed by atoms with Gasteiger partial charge in [-0.15, -0.1) is 0 Å². The van der Waals surface area contributed by atoms with E-state index in [4.69, 9.17) is 5.73 Å². The van der Waals surface area contributed by atoms with Gasteiger partial charge in [0, 0.05) is 11.3 Å². The van der Waals surface area contributed by atoms with Crippen molar-refractivity contribution in [3.05, 3.63) is 0 Å². The zero-order chi connectivity index (χ0) is 12.1. The highest BCUT2D eigenvalue weighted by atomic mass is 32.1. The number of hydrogen-bond donors (Lipinski definition) is 3. The van der Waals surface area contributed by atoms with Gasteiger partial charge >= 0.3 is 0 Å². The maximum atomic E-state index is 10.1. The largest absolute Gasteiger partial charge is 0.390 e. The van der Waals surface area contributed by atoms with Crippen molar-refractivity contribution in [2.45, 2.75) is 69.8 Å². The molecule has 0 radical (unpaired) electrons. The first-order valence-corrected chi connectivity index (χ1v) is 7.15. The first-order valence-electron chi connectivity index (χ1n) is 6.64. The van der Waals surface area contributed by atoms with E-state index in [0.717, 1.165) is 12.3 Å². The molecule has 0 amide bonds. The molecule has 0 aromatic carbocycles. The van der Waals surface area contributed by atoms with Gasteiger partial charge in [0.1, 0.15) is 0 Å². The lowest BCUT2D eigenvalue weighted by molar-refractivity contribution is 0.112. The highest BCUT2D eigenvalue weighted by molar-refractivity contribution is 7.81. The van der Waals surface area contributed by atoms with E-state index in [2.05, 4.69) is 26.5 Å². The zero-order valence-corrected chi connectivity index (χ0v) is 11.5. The van der Waals surface area contributed by atoms with E-state index in [1.165, 1.54) is 32.1 Å². The molecule has 1 saturated carbocycles. The summed E-state index contributed by atoms with van der Waals surface area (Å²) < 4.78 is 0. The first kappa shape index (κ1) is 14.3. The lowest BCUT2D eigenvalue weighted by Gasteiger charge is -2.30. The molecule has 1 rings (SSSR count). The van der Waals surface area contributed by atoms with Gasteiger partial charge in [0.2, 0.25) is 0 Å². The Kier molecular flexibility index (Phi) is 6.16. The summed E-state index contributed by atoms with van der Waals surface area (Å²) in [6.07, 6.45) is 7.12. The third-order valence-corrected chi connectivity index (χ3v) is 4.70. The second kappa shape index (κ2) is 6.87. The van der Waals surface area contributed by atoms with Gasteiger partial charge < -0.3 is 10.8 Å². The molecule has 96 valence electrons. The maximum Gasteiger partial charge on any atom is 0.0809 e. The van der Waals surface area contributed by atoms with E-state index < -0.39 is 6.10 Å². The van der Waals surface area contributed by atoms with E-state index in [1.54, 1.807) is 0 Å². The van der Waals surface area contributed by atoms with Gasteiger partial charge in [0.05, 0.1) is 6.10 Å². The lowest BCUT2D eigenvalue weighted by atomic mass is 9.83. The van der Waals surface area contributed by atoms with Gasteiger partial charge in [0.15, 0.2) is 0 Å². The normalized spacial score (nSPS) is 24.4. The van der Waals surface area contributed by atoms with Crippen LogP contribution in [0.2, 0.25) is 0 Å². The van der Waals surface area contributed by atoms with E-state index in [0.29, 0.717) is 5.92 Å². The molecule has 0 spiro atoms. The molecule has 0 aliphatic heterocycles. The fourth-order valence-electron chi connectivity index (χ4n) is 2.59. The van der Waals surface area contributed by atoms with Crippen molar-refractivity contribution in [2.24, 2.45) is 17.6 Å². The summed E-state index contributed by atoms with van der Waals surface area (Å²) in [4.78, 5) is 0. The standard InChI is InChI=1S/C13H27NOS/c1-9(2)13(16)12(15)11(14)8-10-6-4-3-5-7-10/h9-13,15-16H,3-8,14H2,1-2H3. The molecule has 3 N–H and O–H groups in total. The van der Waals surface area contributed by atoms with Crippen molar-refractivity contribution in [3.63, 3.8) is 0 Å². The Labute approximate surface area is 105 Å². The highest BCUT2D eigenvalue weighted by Crippen LogP contribution is 2.28. The van der Waals surface area contributed by atoms with Crippen LogP contribution in [-0.2, 0) is 0 Å². The third kappa shape index (κ3) is 4.27. The van der Waals surface area contributed by atoms with E-state index >= 15 is 0 Å². The van der Waals surface area contributed by atoms with Crippen LogP contribution in [0.1, 0.15) is 52.4 Å². The molecule has 0 heterocycles. The van der Waals surface area contributed by atoms with Crippen molar-refractivity contribution in [3.8, 4) is 0 Å². The van der Waals surface area contributed by atoms with Gasteiger partial charge in [-0.3, -0.25) is 0 Å². The Morgan fingerprint density at radius 1 is 1.25 bits per heavy atom. The summed E-state index contributed by atoms with van der Waals surface area (Å²) in [5.41, 5.74) is 6.09. The molecule has 0 aromatic rings. The van der Waals surface area contributed by atoms with Crippen LogP contribution in [0.4, 0.5) is 0 Å². The summed E-state index contributed by atoms with van der Waals surface area (Å²) >= 11 is 4.45. The second-order valence-electron chi connectivity index (χ2n) is 5.63. The highest BCUT2D eigenvalue weighted by Gasteiger charge is 2.27. The number of aliphatic hydroxyl groups excluding tert-OH is 1. The van der Waals surface area contributed by atoms with Gasteiger partial charge in [-0.2, -0.15) is 12.6 Å². The van der Waals surface area contributed by atoms with Crippen molar-refractivity contribution in [1.82, 2.24) is 0 Å². The predicted octanol–water partition coefficient (Wildman–Crippen LogP) is 2.60. The number of aliphatic hydroxyl groups is 1. The van der Waals surface area contributed by atoms with Crippen molar-refractivity contribution in [2.75, 3.05) is 0 Å². The maximum absolute atomic E-state index is 10.1. The monoisotopic (exact) mass is 245 g/mol. The van der Waals surface area contributed by atoms with Gasteiger partial charge in [-0.25, -0.2) is 0 Å². The summed E-state index contributed by atoms with van der Waals surface area (Å²) in [6.45, 7) is 4.16.